The molecule has 0 heterocycles. The van der Waals surface area contributed by atoms with Crippen molar-refractivity contribution in [3.05, 3.63) is 0 Å². The second-order valence-corrected chi connectivity index (χ2v) is 0.911. The minimum absolute atomic E-state index is 0. The molecule has 0 aliphatic carbocycles. The number of hydrogen-bond acceptors (Lipinski definition) is 2. The Balaban J connectivity index is -0.0000000112. The molecule has 0 fully saturated rings. The van der Waals surface area contributed by atoms with Crippen LogP contribution in [-0.4, -0.2) is 11.9 Å². The van der Waals surface area contributed by atoms with Crippen molar-refractivity contribution in [1.29, 1.82) is 10.8 Å². The summed E-state index contributed by atoms with van der Waals surface area (Å²) in [6, 6.07) is 0. The molecule has 0 aliphatic rings. The maximum Gasteiger partial charge on any atom is 0.183 e. The Hall–Kier alpha value is 0.460. The third-order valence-electron chi connectivity index (χ3n) is 0. The predicted octanol–water partition coefficient (Wildman–Crippen LogP) is -0.0113. The predicted molar refractivity (Wildman–Crippen MR) is 73.5 cm³/mol. The van der Waals surface area contributed by atoms with Gasteiger partial charge in [0.25, 0.3) is 0 Å². The van der Waals surface area contributed by atoms with Crippen LogP contribution in [0.3, 0.4) is 0 Å². The van der Waals surface area contributed by atoms with E-state index in [1.54, 1.807) is 0 Å². The first-order valence-corrected chi connectivity index (χ1v) is 1.65. The van der Waals surface area contributed by atoms with Crippen LogP contribution in [0.25, 0.3) is 0 Å². The van der Waals surface area contributed by atoms with Gasteiger partial charge in [-0.15, -0.1) is 67.9 Å². The first-order valence-electron chi connectivity index (χ1n) is 1.65. The van der Waals surface area contributed by atoms with Gasteiger partial charge in [0, 0.05) is 0 Å². The highest BCUT2D eigenvalue weighted by Gasteiger charge is 1.52. The zero-order chi connectivity index (χ0) is 7.15. The molecule has 0 aromatic carbocycles. The van der Waals surface area contributed by atoms with Crippen LogP contribution in [-0.2, 0) is 0 Å². The Bertz CT molecular complexity index is 75.5. The van der Waals surface area contributed by atoms with Gasteiger partial charge < -0.3 is 22.9 Å². The third-order valence-corrected chi connectivity index (χ3v) is 0. The number of nitrogens with two attached hydrogens (primary N) is 4. The van der Waals surface area contributed by atoms with Gasteiger partial charge in [0.05, 0.1) is 0 Å². The molecule has 0 spiro atoms. The molecule has 0 saturated carbocycles. The lowest BCUT2D eigenvalue weighted by Crippen LogP contribution is -2.20. The van der Waals surface area contributed by atoms with Crippen LogP contribution in [0.2, 0.25) is 0 Å². The largest absolute Gasteiger partial charge is 0.370 e. The van der Waals surface area contributed by atoms with Gasteiger partial charge in [-0.25, -0.2) is 0 Å². The Labute approximate surface area is 113 Å². The summed E-state index contributed by atoms with van der Waals surface area (Å²) in [5.74, 6) is -0.667. The van der Waals surface area contributed by atoms with Crippen molar-refractivity contribution in [3.63, 3.8) is 0 Å². The third kappa shape index (κ3) is 4420. The van der Waals surface area contributed by atoms with Gasteiger partial charge >= 0.3 is 0 Å². The van der Waals surface area contributed by atoms with E-state index in [-0.39, 0.29) is 79.8 Å². The molecule has 0 aliphatic heterocycles. The van der Waals surface area contributed by atoms with E-state index in [1.807, 2.05) is 0 Å². The molecular formula is C2H14Br4N6. The van der Waals surface area contributed by atoms with Crippen LogP contribution in [0.1, 0.15) is 0 Å². The molecule has 10 N–H and O–H groups in total. The Morgan fingerprint density at radius 3 is 0.583 bits per heavy atom. The topological polar surface area (TPSA) is 152 Å². The Kier molecular flexibility index (Phi) is 98.2. The van der Waals surface area contributed by atoms with E-state index in [4.69, 9.17) is 10.8 Å². The van der Waals surface area contributed by atoms with Gasteiger partial charge in [-0.3, -0.25) is 10.8 Å². The summed E-state index contributed by atoms with van der Waals surface area (Å²) < 4.78 is 0. The summed E-state index contributed by atoms with van der Waals surface area (Å²) in [5, 5.41) is 12.1. The van der Waals surface area contributed by atoms with Crippen LogP contribution in [0.15, 0.2) is 0 Å². The molecule has 12 heavy (non-hydrogen) atoms. The smallest absolute Gasteiger partial charge is 0.183 e. The average Bonchev–Trinajstić information content (AvgIpc) is 1.25. The van der Waals surface area contributed by atoms with E-state index in [0.29, 0.717) is 0 Å². The molecule has 0 amide bonds. The van der Waals surface area contributed by atoms with E-state index in [2.05, 4.69) is 22.9 Å². The molecule has 0 unspecified atom stereocenters. The summed E-state index contributed by atoms with van der Waals surface area (Å²) in [7, 11) is 0. The lowest BCUT2D eigenvalue weighted by molar-refractivity contribution is 1.38. The first kappa shape index (κ1) is 39.2. The van der Waals surface area contributed by atoms with Crippen molar-refractivity contribution in [2.75, 3.05) is 0 Å². The van der Waals surface area contributed by atoms with Crippen LogP contribution >= 0.6 is 67.9 Å². The van der Waals surface area contributed by atoms with Crippen LogP contribution in [0, 0.1) is 10.8 Å². The van der Waals surface area contributed by atoms with Gasteiger partial charge in [0.2, 0.25) is 0 Å². The molecule has 80 valence electrons. The molecule has 0 atom stereocenters. The van der Waals surface area contributed by atoms with Crippen molar-refractivity contribution in [2.24, 2.45) is 22.9 Å². The fourth-order valence-corrected chi connectivity index (χ4v) is 0. The molecule has 6 nitrogen and oxygen atoms in total. The van der Waals surface area contributed by atoms with Gasteiger partial charge in [-0.05, 0) is 0 Å². The number of halogens is 4. The van der Waals surface area contributed by atoms with Crippen molar-refractivity contribution >= 4 is 79.8 Å². The van der Waals surface area contributed by atoms with Crippen LogP contribution in [0.4, 0.5) is 0 Å². The minimum Gasteiger partial charge on any atom is -0.370 e. The highest BCUT2D eigenvalue weighted by atomic mass is 79.9. The van der Waals surface area contributed by atoms with Gasteiger partial charge in [-0.1, -0.05) is 0 Å². The lowest BCUT2D eigenvalue weighted by Gasteiger charge is -1.69. The number of guanidine groups is 2. The van der Waals surface area contributed by atoms with Crippen molar-refractivity contribution in [1.82, 2.24) is 0 Å². The maximum absolute atomic E-state index is 6.06. The quantitative estimate of drug-likeness (QED) is 0.231. The van der Waals surface area contributed by atoms with Crippen LogP contribution in [0.5, 0.6) is 0 Å². The number of nitrogens with one attached hydrogen (secondary N) is 2. The summed E-state index contributed by atoms with van der Waals surface area (Å²) in [6.07, 6.45) is 0. The van der Waals surface area contributed by atoms with Gasteiger partial charge in [0.15, 0.2) is 11.9 Å². The zero-order valence-corrected chi connectivity index (χ0v) is 12.8. The Morgan fingerprint density at radius 1 is 0.583 bits per heavy atom. The van der Waals surface area contributed by atoms with Gasteiger partial charge in [-0.2, -0.15) is 0 Å². The number of rotatable bonds is 0. The summed E-state index contributed by atoms with van der Waals surface area (Å²) in [6.45, 7) is 0. The van der Waals surface area contributed by atoms with Crippen molar-refractivity contribution in [3.8, 4) is 0 Å². The number of hydrogen-bond donors (Lipinski definition) is 6. The van der Waals surface area contributed by atoms with Crippen molar-refractivity contribution in [2.45, 2.75) is 0 Å². The molecule has 0 bridgehead atoms. The normalized spacial score (nSPS) is 4.00. The molecule has 10 heteroatoms. The molecule has 0 aromatic heterocycles. The lowest BCUT2D eigenvalue weighted by atomic mass is 11.1. The summed E-state index contributed by atoms with van der Waals surface area (Å²) in [4.78, 5) is 0. The molecule has 0 aromatic rings. The van der Waals surface area contributed by atoms with Crippen molar-refractivity contribution < 1.29 is 0 Å². The molecule has 0 saturated heterocycles. The van der Waals surface area contributed by atoms with Crippen LogP contribution < -0.4 is 22.9 Å². The fraction of sp³-hybridized carbons (Fsp3) is 0. The molecule has 0 rings (SSSR count). The van der Waals surface area contributed by atoms with E-state index in [1.165, 1.54) is 0 Å². The highest BCUT2D eigenvalue weighted by Crippen LogP contribution is 1.13. The highest BCUT2D eigenvalue weighted by molar-refractivity contribution is 8.93. The zero-order valence-electron chi connectivity index (χ0n) is 5.94. The SMILES string of the molecule is Br.Br.Br.Br.N=C(N)N.N=C(N)N. The fourth-order valence-electron chi connectivity index (χ4n) is 0. The van der Waals surface area contributed by atoms with E-state index >= 15 is 0 Å². The Morgan fingerprint density at radius 2 is 0.583 bits per heavy atom. The molecular weight excluding hydrogens is 428 g/mol. The summed E-state index contributed by atoms with van der Waals surface area (Å²) >= 11 is 0. The maximum atomic E-state index is 6.06. The van der Waals surface area contributed by atoms with E-state index in [9.17, 15) is 0 Å². The standard InChI is InChI=1S/2CH5N3.4BrH/c2*2-1(3)4;;;;/h2*(H5,2,3,4);4*1H. The second-order valence-electron chi connectivity index (χ2n) is 0.911. The van der Waals surface area contributed by atoms with E-state index < -0.39 is 0 Å². The summed E-state index contributed by atoms with van der Waals surface area (Å²) in [5.41, 5.74) is 17.9. The average molecular weight is 442 g/mol. The molecule has 0 radical (unpaired) electrons. The minimum atomic E-state index is -0.333. The van der Waals surface area contributed by atoms with E-state index in [0.717, 1.165) is 0 Å². The second kappa shape index (κ2) is 30.0. The first-order chi connectivity index (χ1) is 3.46. The van der Waals surface area contributed by atoms with Gasteiger partial charge in [0.1, 0.15) is 0 Å². The monoisotopic (exact) mass is 438 g/mol.